The van der Waals surface area contributed by atoms with Gasteiger partial charge in [-0.3, -0.25) is 10.1 Å². The Morgan fingerprint density at radius 3 is 2.45 bits per heavy atom. The van der Waals surface area contributed by atoms with E-state index < -0.39 is 0 Å². The minimum absolute atomic E-state index is 0.207. The van der Waals surface area contributed by atoms with Crippen molar-refractivity contribution in [2.24, 2.45) is 0 Å². The molecule has 0 aliphatic carbocycles. The van der Waals surface area contributed by atoms with Crippen LogP contribution in [-0.4, -0.2) is 17.6 Å². The van der Waals surface area contributed by atoms with E-state index in [0.717, 1.165) is 12.0 Å². The number of anilines is 1. The van der Waals surface area contributed by atoms with Crippen molar-refractivity contribution in [2.45, 2.75) is 13.3 Å². The van der Waals surface area contributed by atoms with Gasteiger partial charge in [-0.25, -0.2) is 0 Å². The zero-order valence-corrected chi connectivity index (χ0v) is 17.5. The van der Waals surface area contributed by atoms with Gasteiger partial charge in [-0.15, -0.1) is 0 Å². The van der Waals surface area contributed by atoms with Crippen molar-refractivity contribution >= 4 is 40.5 Å². The Kier molecular flexibility index (Phi) is 7.22. The molecule has 0 aliphatic rings. The second-order valence-electron chi connectivity index (χ2n) is 6.48. The molecule has 0 saturated carbocycles. The predicted molar refractivity (Wildman–Crippen MR) is 122 cm³/mol. The lowest BCUT2D eigenvalue weighted by Crippen LogP contribution is -2.34. The van der Waals surface area contributed by atoms with Gasteiger partial charge in [-0.2, -0.15) is 0 Å². The van der Waals surface area contributed by atoms with E-state index in [-0.39, 0.29) is 11.0 Å². The molecule has 0 saturated heterocycles. The molecular formula is C23H21ClN2O2S. The summed E-state index contributed by atoms with van der Waals surface area (Å²) >= 11 is 11.3. The average Bonchev–Trinajstić information content (AvgIpc) is 2.72. The van der Waals surface area contributed by atoms with E-state index >= 15 is 0 Å². The molecule has 2 N–H and O–H groups in total. The number of thiocarbonyl (C=S) groups is 1. The molecule has 0 atom stereocenters. The van der Waals surface area contributed by atoms with Crippen molar-refractivity contribution in [1.82, 2.24) is 5.32 Å². The Balaban J connectivity index is 1.49. The molecule has 0 heterocycles. The van der Waals surface area contributed by atoms with E-state index in [2.05, 4.69) is 22.8 Å². The summed E-state index contributed by atoms with van der Waals surface area (Å²) in [5, 5.41) is 6.45. The van der Waals surface area contributed by atoms with Gasteiger partial charge in [0.05, 0.1) is 6.61 Å². The number of carbonyl (C=O) groups is 1. The topological polar surface area (TPSA) is 50.4 Å². The number of hydrogen-bond donors (Lipinski definition) is 2. The lowest BCUT2D eigenvalue weighted by atomic mass is 10.2. The van der Waals surface area contributed by atoms with Gasteiger partial charge in [0.2, 0.25) is 0 Å². The van der Waals surface area contributed by atoms with Crippen LogP contribution in [0.3, 0.4) is 0 Å². The summed E-state index contributed by atoms with van der Waals surface area (Å²) in [5.74, 6) is 0.420. The molecule has 0 aromatic heterocycles. The molecule has 148 valence electrons. The van der Waals surface area contributed by atoms with Gasteiger partial charge >= 0.3 is 0 Å². The van der Waals surface area contributed by atoms with E-state index in [4.69, 9.17) is 28.6 Å². The van der Waals surface area contributed by atoms with E-state index in [1.54, 1.807) is 30.3 Å². The van der Waals surface area contributed by atoms with Crippen LogP contribution in [0, 0.1) is 6.92 Å². The van der Waals surface area contributed by atoms with Gasteiger partial charge in [0, 0.05) is 22.7 Å². The Hall–Kier alpha value is -2.89. The SMILES string of the molecule is Cc1ccc(NC(=S)NC(=O)c2ccc(OCCc3ccccc3)cc2)cc1Cl. The zero-order chi connectivity index (χ0) is 20.6. The van der Waals surface area contributed by atoms with E-state index in [9.17, 15) is 4.79 Å². The van der Waals surface area contributed by atoms with Crippen LogP contribution in [0.25, 0.3) is 0 Å². The van der Waals surface area contributed by atoms with Crippen LogP contribution < -0.4 is 15.4 Å². The Bertz CT molecular complexity index is 992. The maximum absolute atomic E-state index is 12.4. The summed E-state index contributed by atoms with van der Waals surface area (Å²) < 4.78 is 5.74. The van der Waals surface area contributed by atoms with Gasteiger partial charge in [0.1, 0.15) is 5.75 Å². The number of aryl methyl sites for hydroxylation is 1. The number of benzene rings is 3. The standard InChI is InChI=1S/C23H21ClN2O2S/c1-16-7-10-19(15-21(16)24)25-23(29)26-22(27)18-8-11-20(12-9-18)28-14-13-17-5-3-2-4-6-17/h2-12,15H,13-14H2,1H3,(H2,25,26,27,29). The average molecular weight is 425 g/mol. The molecule has 3 aromatic carbocycles. The van der Waals surface area contributed by atoms with Crippen molar-refractivity contribution in [2.75, 3.05) is 11.9 Å². The fourth-order valence-electron chi connectivity index (χ4n) is 2.64. The van der Waals surface area contributed by atoms with Gasteiger partial charge in [-0.05, 0) is 66.7 Å². The molecule has 1 amide bonds. The van der Waals surface area contributed by atoms with Crippen molar-refractivity contribution < 1.29 is 9.53 Å². The molecule has 0 aliphatic heterocycles. The molecule has 29 heavy (non-hydrogen) atoms. The molecule has 0 bridgehead atoms. The van der Waals surface area contributed by atoms with Crippen LogP contribution in [0.1, 0.15) is 21.5 Å². The van der Waals surface area contributed by atoms with Gasteiger partial charge in [0.15, 0.2) is 5.11 Å². The summed E-state index contributed by atoms with van der Waals surface area (Å²) in [6, 6.07) is 22.6. The van der Waals surface area contributed by atoms with E-state index in [0.29, 0.717) is 28.6 Å². The first-order valence-corrected chi connectivity index (χ1v) is 9.95. The summed E-state index contributed by atoms with van der Waals surface area (Å²) in [6.07, 6.45) is 0.825. The maximum atomic E-state index is 12.4. The predicted octanol–water partition coefficient (Wildman–Crippen LogP) is 5.40. The monoisotopic (exact) mass is 424 g/mol. The molecule has 4 nitrogen and oxygen atoms in total. The van der Waals surface area contributed by atoms with Crippen LogP contribution in [0.2, 0.25) is 5.02 Å². The molecular weight excluding hydrogens is 404 g/mol. The van der Waals surface area contributed by atoms with E-state index in [1.165, 1.54) is 5.56 Å². The fraction of sp³-hybridized carbons (Fsp3) is 0.130. The highest BCUT2D eigenvalue weighted by molar-refractivity contribution is 7.80. The lowest BCUT2D eigenvalue weighted by Gasteiger charge is -2.11. The lowest BCUT2D eigenvalue weighted by molar-refractivity contribution is 0.0977. The van der Waals surface area contributed by atoms with Crippen LogP contribution in [-0.2, 0) is 6.42 Å². The first-order valence-electron chi connectivity index (χ1n) is 9.16. The minimum atomic E-state index is -0.295. The molecule has 0 spiro atoms. The molecule has 0 fully saturated rings. The van der Waals surface area contributed by atoms with Gasteiger partial charge < -0.3 is 10.1 Å². The summed E-state index contributed by atoms with van der Waals surface area (Å²) in [5.41, 5.74) is 3.40. The first-order chi connectivity index (χ1) is 14.0. The second kappa shape index (κ2) is 10.0. The third-order valence-electron chi connectivity index (χ3n) is 4.28. The second-order valence-corrected chi connectivity index (χ2v) is 7.30. The highest BCUT2D eigenvalue weighted by Gasteiger charge is 2.09. The smallest absolute Gasteiger partial charge is 0.257 e. The Morgan fingerprint density at radius 2 is 1.76 bits per heavy atom. The van der Waals surface area contributed by atoms with Gasteiger partial charge in [0.25, 0.3) is 5.91 Å². The highest BCUT2D eigenvalue weighted by Crippen LogP contribution is 2.20. The van der Waals surface area contributed by atoms with Crippen LogP contribution in [0.5, 0.6) is 5.75 Å². The summed E-state index contributed by atoms with van der Waals surface area (Å²) in [6.45, 7) is 2.49. The van der Waals surface area contributed by atoms with Crippen LogP contribution >= 0.6 is 23.8 Å². The van der Waals surface area contributed by atoms with Crippen molar-refractivity contribution in [3.63, 3.8) is 0 Å². The zero-order valence-electron chi connectivity index (χ0n) is 15.9. The Labute approximate surface area is 180 Å². The number of ether oxygens (including phenoxy) is 1. The number of nitrogens with one attached hydrogen (secondary N) is 2. The maximum Gasteiger partial charge on any atom is 0.257 e. The third-order valence-corrected chi connectivity index (χ3v) is 4.89. The molecule has 0 radical (unpaired) electrons. The van der Waals surface area contributed by atoms with Crippen LogP contribution in [0.15, 0.2) is 72.8 Å². The summed E-state index contributed by atoms with van der Waals surface area (Å²) in [7, 11) is 0. The van der Waals surface area contributed by atoms with E-state index in [1.807, 2.05) is 37.3 Å². The Morgan fingerprint density at radius 1 is 1.03 bits per heavy atom. The number of carbonyl (C=O) groups excluding carboxylic acids is 1. The number of rotatable bonds is 6. The van der Waals surface area contributed by atoms with Gasteiger partial charge in [-0.1, -0.05) is 48.0 Å². The first kappa shape index (κ1) is 20.8. The van der Waals surface area contributed by atoms with Crippen molar-refractivity contribution in [3.8, 4) is 5.75 Å². The normalized spacial score (nSPS) is 10.3. The minimum Gasteiger partial charge on any atom is -0.493 e. The number of halogens is 1. The third kappa shape index (κ3) is 6.31. The summed E-state index contributed by atoms with van der Waals surface area (Å²) in [4.78, 5) is 12.4. The van der Waals surface area contributed by atoms with Crippen molar-refractivity contribution in [1.29, 1.82) is 0 Å². The van der Waals surface area contributed by atoms with Crippen molar-refractivity contribution in [3.05, 3.63) is 94.5 Å². The van der Waals surface area contributed by atoms with Crippen LogP contribution in [0.4, 0.5) is 5.69 Å². The number of amides is 1. The highest BCUT2D eigenvalue weighted by atomic mass is 35.5. The molecule has 3 aromatic rings. The largest absolute Gasteiger partial charge is 0.493 e. The quantitative estimate of drug-likeness (QED) is 0.520. The molecule has 6 heteroatoms. The molecule has 0 unspecified atom stereocenters. The molecule has 3 rings (SSSR count). The number of hydrogen-bond acceptors (Lipinski definition) is 3. The fourth-order valence-corrected chi connectivity index (χ4v) is 3.03.